The van der Waals surface area contributed by atoms with E-state index < -0.39 is 0 Å². The van der Waals surface area contributed by atoms with Crippen LogP contribution in [0.5, 0.6) is 5.88 Å². The molecular formula is C23H18Cl2FN3O2. The SMILES string of the molecule is O=C(CCc1c2c(Cl)ccc(Cl)c2c(O)n1Cc1ccc(F)cc1)Nc1ccccn1. The monoisotopic (exact) mass is 457 g/mol. The lowest BCUT2D eigenvalue weighted by Gasteiger charge is -2.12. The van der Waals surface area contributed by atoms with Gasteiger partial charge in [0.1, 0.15) is 11.6 Å². The van der Waals surface area contributed by atoms with Gasteiger partial charge in [0.05, 0.1) is 22.0 Å². The molecule has 0 unspecified atom stereocenters. The largest absolute Gasteiger partial charge is 0.494 e. The van der Waals surface area contributed by atoms with Crippen LogP contribution in [0.4, 0.5) is 10.2 Å². The summed E-state index contributed by atoms with van der Waals surface area (Å²) < 4.78 is 15.0. The first-order valence-electron chi connectivity index (χ1n) is 9.57. The number of amides is 1. The van der Waals surface area contributed by atoms with Gasteiger partial charge < -0.3 is 15.0 Å². The van der Waals surface area contributed by atoms with Crippen molar-refractivity contribution in [2.75, 3.05) is 5.32 Å². The molecule has 2 aromatic carbocycles. The highest BCUT2D eigenvalue weighted by atomic mass is 35.5. The summed E-state index contributed by atoms with van der Waals surface area (Å²) in [7, 11) is 0. The third-order valence-corrected chi connectivity index (χ3v) is 5.60. The first-order valence-corrected chi connectivity index (χ1v) is 10.3. The van der Waals surface area contributed by atoms with Crippen LogP contribution in [-0.4, -0.2) is 20.6 Å². The Balaban J connectivity index is 1.69. The summed E-state index contributed by atoms with van der Waals surface area (Å²) in [6, 6.07) is 14.5. The standard InChI is InChI=1S/C23H18Cl2FN3O2/c24-16-8-9-17(25)22-21(16)18(10-11-20(30)28-19-3-1-2-12-27-19)29(23(22)31)13-14-4-6-15(26)7-5-14/h1-9,12,31H,10-11,13H2,(H,27,28,30). The van der Waals surface area contributed by atoms with Crippen molar-refractivity contribution in [3.63, 3.8) is 0 Å². The average Bonchev–Trinajstić information content (AvgIpc) is 3.04. The third-order valence-electron chi connectivity index (χ3n) is 4.97. The van der Waals surface area contributed by atoms with Gasteiger partial charge in [-0.05, 0) is 48.4 Å². The first kappa shape index (κ1) is 21.2. The molecule has 0 saturated heterocycles. The maximum Gasteiger partial charge on any atom is 0.225 e. The van der Waals surface area contributed by atoms with Gasteiger partial charge >= 0.3 is 0 Å². The van der Waals surface area contributed by atoms with Crippen LogP contribution in [0.1, 0.15) is 17.7 Å². The van der Waals surface area contributed by atoms with Gasteiger partial charge in [-0.3, -0.25) is 4.79 Å². The number of hydrogen-bond donors (Lipinski definition) is 2. The number of carbonyl (C=O) groups excluding carboxylic acids is 1. The molecule has 0 aliphatic rings. The van der Waals surface area contributed by atoms with Crippen LogP contribution in [0.3, 0.4) is 0 Å². The van der Waals surface area contributed by atoms with Crippen LogP contribution in [0.2, 0.25) is 10.0 Å². The molecule has 4 rings (SSSR count). The van der Waals surface area contributed by atoms with Crippen molar-refractivity contribution in [1.29, 1.82) is 0 Å². The maximum atomic E-state index is 13.3. The molecule has 158 valence electrons. The molecule has 0 aliphatic heterocycles. The number of carbonyl (C=O) groups is 1. The van der Waals surface area contributed by atoms with Crippen LogP contribution in [0.15, 0.2) is 60.8 Å². The van der Waals surface area contributed by atoms with Crippen LogP contribution in [0, 0.1) is 5.82 Å². The molecule has 0 aliphatic carbocycles. The molecule has 8 heteroatoms. The fourth-order valence-corrected chi connectivity index (χ4v) is 4.04. The van der Waals surface area contributed by atoms with Crippen molar-refractivity contribution in [2.24, 2.45) is 0 Å². The molecule has 0 saturated carbocycles. The summed E-state index contributed by atoms with van der Waals surface area (Å²) in [6.45, 7) is 0.268. The summed E-state index contributed by atoms with van der Waals surface area (Å²) in [4.78, 5) is 16.6. The summed E-state index contributed by atoms with van der Waals surface area (Å²) in [5.74, 6) is -0.155. The van der Waals surface area contributed by atoms with Gasteiger partial charge in [0.2, 0.25) is 11.8 Å². The van der Waals surface area contributed by atoms with E-state index in [1.54, 1.807) is 53.2 Å². The normalized spacial score (nSPS) is 11.1. The first-order chi connectivity index (χ1) is 14.9. The molecule has 31 heavy (non-hydrogen) atoms. The second kappa shape index (κ2) is 8.96. The number of halogens is 3. The van der Waals surface area contributed by atoms with Gasteiger partial charge in [0, 0.05) is 23.7 Å². The van der Waals surface area contributed by atoms with E-state index in [1.165, 1.54) is 12.1 Å². The second-order valence-electron chi connectivity index (χ2n) is 7.03. The lowest BCUT2D eigenvalue weighted by atomic mass is 10.1. The van der Waals surface area contributed by atoms with E-state index in [0.29, 0.717) is 38.8 Å². The second-order valence-corrected chi connectivity index (χ2v) is 7.84. The number of anilines is 1. The number of hydrogen-bond acceptors (Lipinski definition) is 3. The van der Waals surface area contributed by atoms with Crippen LogP contribution in [-0.2, 0) is 17.8 Å². The van der Waals surface area contributed by atoms with Crippen molar-refractivity contribution >= 4 is 45.7 Å². The van der Waals surface area contributed by atoms with E-state index >= 15 is 0 Å². The fraction of sp³-hybridized carbons (Fsp3) is 0.130. The zero-order valence-corrected chi connectivity index (χ0v) is 17.8. The number of aromatic hydroxyl groups is 1. The minimum atomic E-state index is -0.344. The maximum absolute atomic E-state index is 13.3. The predicted molar refractivity (Wildman–Crippen MR) is 120 cm³/mol. The third kappa shape index (κ3) is 4.50. The molecule has 2 aromatic heterocycles. The minimum Gasteiger partial charge on any atom is -0.494 e. The number of nitrogens with zero attached hydrogens (tertiary/aromatic N) is 2. The van der Waals surface area contributed by atoms with E-state index in [-0.39, 0.29) is 30.6 Å². The summed E-state index contributed by atoms with van der Waals surface area (Å²) in [5, 5.41) is 15.5. The van der Waals surface area contributed by atoms with Gasteiger partial charge in [0.15, 0.2) is 0 Å². The van der Waals surface area contributed by atoms with Crippen LogP contribution < -0.4 is 5.32 Å². The highest BCUT2D eigenvalue weighted by molar-refractivity contribution is 6.41. The van der Waals surface area contributed by atoms with Crippen molar-refractivity contribution in [3.05, 3.63) is 87.9 Å². The van der Waals surface area contributed by atoms with Crippen molar-refractivity contribution in [2.45, 2.75) is 19.4 Å². The molecule has 2 heterocycles. The summed E-state index contributed by atoms with van der Waals surface area (Å²) >= 11 is 12.8. The molecule has 0 atom stereocenters. The van der Waals surface area contributed by atoms with E-state index in [2.05, 4.69) is 10.3 Å². The van der Waals surface area contributed by atoms with E-state index in [4.69, 9.17) is 23.2 Å². The topological polar surface area (TPSA) is 67.2 Å². The molecule has 0 radical (unpaired) electrons. The number of nitrogens with one attached hydrogen (secondary N) is 1. The fourth-order valence-electron chi connectivity index (χ4n) is 3.53. The van der Waals surface area contributed by atoms with Crippen LogP contribution in [0.25, 0.3) is 10.8 Å². The predicted octanol–water partition coefficient (Wildman–Crippen LogP) is 5.81. The number of rotatable bonds is 6. The number of aryl methyl sites for hydroxylation is 1. The Morgan fingerprint density at radius 2 is 1.74 bits per heavy atom. The van der Waals surface area contributed by atoms with Gasteiger partial charge in [0.25, 0.3) is 0 Å². The zero-order chi connectivity index (χ0) is 22.0. The van der Waals surface area contributed by atoms with E-state index in [1.807, 2.05) is 0 Å². The van der Waals surface area contributed by atoms with Crippen molar-refractivity contribution < 1.29 is 14.3 Å². The van der Waals surface area contributed by atoms with Crippen LogP contribution >= 0.6 is 23.2 Å². The highest BCUT2D eigenvalue weighted by Crippen LogP contribution is 2.41. The summed E-state index contributed by atoms with van der Waals surface area (Å²) in [6.07, 6.45) is 2.04. The molecule has 0 spiro atoms. The summed E-state index contributed by atoms with van der Waals surface area (Å²) in [5.41, 5.74) is 1.45. The van der Waals surface area contributed by atoms with Gasteiger partial charge in [-0.15, -0.1) is 0 Å². The molecule has 5 nitrogen and oxygen atoms in total. The van der Waals surface area contributed by atoms with E-state index in [9.17, 15) is 14.3 Å². The Kier molecular flexibility index (Phi) is 6.11. The lowest BCUT2D eigenvalue weighted by molar-refractivity contribution is -0.116. The zero-order valence-electron chi connectivity index (χ0n) is 16.3. The molecule has 0 fully saturated rings. The Hall–Kier alpha value is -3.09. The Morgan fingerprint density at radius 1 is 1.03 bits per heavy atom. The number of fused-ring (bicyclic) bond motifs is 1. The van der Waals surface area contributed by atoms with Gasteiger partial charge in [-0.2, -0.15) is 0 Å². The Morgan fingerprint density at radius 3 is 2.42 bits per heavy atom. The molecule has 2 N–H and O–H groups in total. The Labute approximate surface area is 188 Å². The molecular weight excluding hydrogens is 440 g/mol. The number of pyridine rings is 1. The molecule has 0 bridgehead atoms. The van der Waals surface area contributed by atoms with Crippen molar-refractivity contribution in [3.8, 4) is 5.88 Å². The van der Waals surface area contributed by atoms with E-state index in [0.717, 1.165) is 5.56 Å². The quantitative estimate of drug-likeness (QED) is 0.383. The number of aromatic nitrogens is 2. The van der Waals surface area contributed by atoms with Gasteiger partial charge in [-0.25, -0.2) is 9.37 Å². The lowest BCUT2D eigenvalue weighted by Crippen LogP contribution is -2.14. The minimum absolute atomic E-state index is 0.0491. The highest BCUT2D eigenvalue weighted by Gasteiger charge is 2.22. The molecule has 4 aromatic rings. The Bertz CT molecular complexity index is 1240. The van der Waals surface area contributed by atoms with Gasteiger partial charge in [-0.1, -0.05) is 41.4 Å². The smallest absolute Gasteiger partial charge is 0.225 e. The average molecular weight is 458 g/mol. The number of benzene rings is 2. The molecule has 1 amide bonds. The van der Waals surface area contributed by atoms with Crippen molar-refractivity contribution in [1.82, 2.24) is 9.55 Å².